The lowest BCUT2D eigenvalue weighted by atomic mass is 9.88. The lowest BCUT2D eigenvalue weighted by Gasteiger charge is -2.24. The van der Waals surface area contributed by atoms with Crippen LogP contribution in [0.3, 0.4) is 0 Å². The fourth-order valence-electron chi connectivity index (χ4n) is 1.85. The van der Waals surface area contributed by atoms with Crippen LogP contribution >= 0.6 is 0 Å². The molecule has 106 valence electrons. The molecule has 0 saturated heterocycles. The largest absolute Gasteiger partial charge is 0.508 e. The Kier molecular flexibility index (Phi) is 5.83. The number of nitrogens with one attached hydrogen (secondary N) is 1. The SMILES string of the molecule is CC(C)(CCCO)CNC(=O)Cc1ccc(O)cc1. The predicted octanol–water partition coefficient (Wildman–Crippen LogP) is 1.85. The average Bonchev–Trinajstić information content (AvgIpc) is 2.37. The summed E-state index contributed by atoms with van der Waals surface area (Å²) in [6, 6.07) is 6.64. The molecule has 1 rings (SSSR count). The van der Waals surface area contributed by atoms with E-state index in [9.17, 15) is 4.79 Å². The third-order valence-corrected chi connectivity index (χ3v) is 3.08. The van der Waals surface area contributed by atoms with Crippen LogP contribution in [0.1, 0.15) is 32.3 Å². The van der Waals surface area contributed by atoms with Crippen molar-refractivity contribution in [1.29, 1.82) is 0 Å². The number of hydrogen-bond acceptors (Lipinski definition) is 3. The summed E-state index contributed by atoms with van der Waals surface area (Å²) < 4.78 is 0. The van der Waals surface area contributed by atoms with Crippen LogP contribution in [-0.2, 0) is 11.2 Å². The zero-order chi connectivity index (χ0) is 14.3. The molecule has 1 aromatic rings. The van der Waals surface area contributed by atoms with Crippen molar-refractivity contribution in [3.63, 3.8) is 0 Å². The van der Waals surface area contributed by atoms with Crippen LogP contribution in [0.15, 0.2) is 24.3 Å². The summed E-state index contributed by atoms with van der Waals surface area (Å²) in [5.41, 5.74) is 0.872. The zero-order valence-corrected chi connectivity index (χ0v) is 11.6. The highest BCUT2D eigenvalue weighted by Crippen LogP contribution is 2.20. The van der Waals surface area contributed by atoms with Gasteiger partial charge in [0.1, 0.15) is 5.75 Å². The first-order valence-electron chi connectivity index (χ1n) is 6.58. The number of phenols is 1. The number of aliphatic hydroxyl groups is 1. The number of amides is 1. The number of carbonyl (C=O) groups is 1. The van der Waals surface area contributed by atoms with Crippen LogP contribution in [0.2, 0.25) is 0 Å². The predicted molar refractivity (Wildman–Crippen MR) is 74.9 cm³/mol. The molecule has 0 heterocycles. The summed E-state index contributed by atoms with van der Waals surface area (Å²) in [5, 5.41) is 20.9. The molecule has 1 amide bonds. The average molecular weight is 265 g/mol. The highest BCUT2D eigenvalue weighted by atomic mass is 16.3. The van der Waals surface area contributed by atoms with Crippen LogP contribution in [0.4, 0.5) is 0 Å². The molecule has 19 heavy (non-hydrogen) atoms. The highest BCUT2D eigenvalue weighted by Gasteiger charge is 2.18. The van der Waals surface area contributed by atoms with Crippen molar-refractivity contribution in [3.8, 4) is 5.75 Å². The van der Waals surface area contributed by atoms with E-state index in [1.54, 1.807) is 24.3 Å². The molecule has 4 nitrogen and oxygen atoms in total. The van der Waals surface area contributed by atoms with E-state index in [4.69, 9.17) is 10.2 Å². The van der Waals surface area contributed by atoms with Crippen molar-refractivity contribution in [3.05, 3.63) is 29.8 Å². The van der Waals surface area contributed by atoms with Crippen molar-refractivity contribution in [2.75, 3.05) is 13.2 Å². The first-order chi connectivity index (χ1) is 8.93. The van der Waals surface area contributed by atoms with Gasteiger partial charge in [0.2, 0.25) is 5.91 Å². The third kappa shape index (κ3) is 6.25. The van der Waals surface area contributed by atoms with Crippen molar-refractivity contribution in [1.82, 2.24) is 5.32 Å². The van der Waals surface area contributed by atoms with Gasteiger partial charge in [-0.2, -0.15) is 0 Å². The summed E-state index contributed by atoms with van der Waals surface area (Å²) in [6.45, 7) is 4.93. The van der Waals surface area contributed by atoms with E-state index in [0.717, 1.165) is 18.4 Å². The molecule has 1 aromatic carbocycles. The Balaban J connectivity index is 2.37. The smallest absolute Gasteiger partial charge is 0.224 e. The van der Waals surface area contributed by atoms with Gasteiger partial charge in [0, 0.05) is 13.2 Å². The molecule has 0 spiro atoms. The molecule has 0 unspecified atom stereocenters. The number of carbonyl (C=O) groups excluding carboxylic acids is 1. The van der Waals surface area contributed by atoms with Crippen LogP contribution in [0, 0.1) is 5.41 Å². The Labute approximate surface area is 114 Å². The second kappa shape index (κ2) is 7.14. The van der Waals surface area contributed by atoms with E-state index in [2.05, 4.69) is 19.2 Å². The first kappa shape index (κ1) is 15.5. The van der Waals surface area contributed by atoms with Gasteiger partial charge in [-0.3, -0.25) is 4.79 Å². The molecule has 3 N–H and O–H groups in total. The Hall–Kier alpha value is -1.55. The molecule has 0 saturated carbocycles. The second-order valence-corrected chi connectivity index (χ2v) is 5.61. The lowest BCUT2D eigenvalue weighted by molar-refractivity contribution is -0.120. The van der Waals surface area contributed by atoms with Gasteiger partial charge in [0.05, 0.1) is 6.42 Å². The van der Waals surface area contributed by atoms with E-state index in [1.807, 2.05) is 0 Å². The molecule has 4 heteroatoms. The molecule has 0 aliphatic carbocycles. The van der Waals surface area contributed by atoms with Crippen LogP contribution < -0.4 is 5.32 Å². The molecule has 0 bridgehead atoms. The number of phenolic OH excluding ortho intramolecular Hbond substituents is 1. The number of aromatic hydroxyl groups is 1. The van der Waals surface area contributed by atoms with Crippen LogP contribution in [-0.4, -0.2) is 29.3 Å². The molecular formula is C15H23NO3. The van der Waals surface area contributed by atoms with Gasteiger partial charge in [-0.05, 0) is 36.0 Å². The fraction of sp³-hybridized carbons (Fsp3) is 0.533. The van der Waals surface area contributed by atoms with Gasteiger partial charge >= 0.3 is 0 Å². The van der Waals surface area contributed by atoms with Crippen molar-refractivity contribution < 1.29 is 15.0 Å². The summed E-state index contributed by atoms with van der Waals surface area (Å²) in [7, 11) is 0. The molecule has 0 aliphatic rings. The summed E-state index contributed by atoms with van der Waals surface area (Å²) in [6.07, 6.45) is 1.94. The third-order valence-electron chi connectivity index (χ3n) is 3.08. The first-order valence-corrected chi connectivity index (χ1v) is 6.58. The Morgan fingerprint density at radius 2 is 1.89 bits per heavy atom. The fourth-order valence-corrected chi connectivity index (χ4v) is 1.85. The number of hydrogen-bond donors (Lipinski definition) is 3. The summed E-state index contributed by atoms with van der Waals surface area (Å²) in [5.74, 6) is 0.178. The zero-order valence-electron chi connectivity index (χ0n) is 11.6. The second-order valence-electron chi connectivity index (χ2n) is 5.61. The van der Waals surface area contributed by atoms with E-state index >= 15 is 0 Å². The quantitative estimate of drug-likeness (QED) is 0.704. The standard InChI is InChI=1S/C15H23NO3/c1-15(2,8-3-9-17)11-16-14(19)10-12-4-6-13(18)7-5-12/h4-7,17-18H,3,8-11H2,1-2H3,(H,16,19). The van der Waals surface area contributed by atoms with Gasteiger partial charge in [-0.1, -0.05) is 26.0 Å². The van der Waals surface area contributed by atoms with Crippen molar-refractivity contribution >= 4 is 5.91 Å². The molecule has 0 aliphatic heterocycles. The molecule has 0 aromatic heterocycles. The highest BCUT2D eigenvalue weighted by molar-refractivity contribution is 5.78. The molecule has 0 atom stereocenters. The minimum absolute atomic E-state index is 0.00660. The van der Waals surface area contributed by atoms with Gasteiger partial charge in [-0.25, -0.2) is 0 Å². The monoisotopic (exact) mass is 265 g/mol. The van der Waals surface area contributed by atoms with E-state index in [0.29, 0.717) is 13.0 Å². The minimum atomic E-state index is -0.0252. The number of rotatable bonds is 7. The molecule has 0 radical (unpaired) electrons. The summed E-state index contributed by atoms with van der Waals surface area (Å²) >= 11 is 0. The number of benzene rings is 1. The lowest BCUT2D eigenvalue weighted by Crippen LogP contribution is -2.35. The maximum Gasteiger partial charge on any atom is 0.224 e. The minimum Gasteiger partial charge on any atom is -0.508 e. The van der Waals surface area contributed by atoms with Crippen molar-refractivity contribution in [2.45, 2.75) is 33.1 Å². The Morgan fingerprint density at radius 3 is 2.47 bits per heavy atom. The van der Waals surface area contributed by atoms with E-state index in [1.165, 1.54) is 0 Å². The summed E-state index contributed by atoms with van der Waals surface area (Å²) in [4.78, 5) is 11.8. The van der Waals surface area contributed by atoms with E-state index in [-0.39, 0.29) is 23.7 Å². The topological polar surface area (TPSA) is 69.6 Å². The van der Waals surface area contributed by atoms with Crippen molar-refractivity contribution in [2.24, 2.45) is 5.41 Å². The van der Waals surface area contributed by atoms with Crippen LogP contribution in [0.5, 0.6) is 5.75 Å². The number of aliphatic hydroxyl groups excluding tert-OH is 1. The Bertz CT molecular complexity index is 398. The molecular weight excluding hydrogens is 242 g/mol. The normalized spacial score (nSPS) is 11.3. The maximum absolute atomic E-state index is 11.8. The van der Waals surface area contributed by atoms with E-state index < -0.39 is 0 Å². The van der Waals surface area contributed by atoms with Crippen LogP contribution in [0.25, 0.3) is 0 Å². The molecule has 0 fully saturated rings. The van der Waals surface area contributed by atoms with Gasteiger partial charge in [-0.15, -0.1) is 0 Å². The maximum atomic E-state index is 11.8. The Morgan fingerprint density at radius 1 is 1.26 bits per heavy atom. The van der Waals surface area contributed by atoms with Gasteiger partial charge < -0.3 is 15.5 Å². The van der Waals surface area contributed by atoms with Gasteiger partial charge in [0.25, 0.3) is 0 Å². The van der Waals surface area contributed by atoms with Gasteiger partial charge in [0.15, 0.2) is 0 Å².